The Balaban J connectivity index is 1.92. The lowest BCUT2D eigenvalue weighted by molar-refractivity contribution is -0.149. The molecule has 2 fully saturated rings. The highest BCUT2D eigenvalue weighted by atomic mass is 19.3. The van der Waals surface area contributed by atoms with Gasteiger partial charge in [-0.05, 0) is 25.8 Å². The van der Waals surface area contributed by atoms with Gasteiger partial charge in [0.25, 0.3) is 5.92 Å². The summed E-state index contributed by atoms with van der Waals surface area (Å²) in [5.74, 6) is -2.84. The predicted molar refractivity (Wildman–Crippen MR) is 54.3 cm³/mol. The van der Waals surface area contributed by atoms with Gasteiger partial charge in [-0.1, -0.05) is 0 Å². The van der Waals surface area contributed by atoms with Crippen molar-refractivity contribution >= 4 is 5.97 Å². The molecule has 0 aromatic heterocycles. The number of halogens is 2. The molecule has 1 saturated carbocycles. The van der Waals surface area contributed by atoms with Gasteiger partial charge >= 0.3 is 5.97 Å². The van der Waals surface area contributed by atoms with Crippen molar-refractivity contribution in [2.75, 3.05) is 26.7 Å². The van der Waals surface area contributed by atoms with Crippen molar-refractivity contribution in [1.29, 1.82) is 0 Å². The molecule has 1 heterocycles. The average Bonchev–Trinajstić information content (AvgIpc) is 2.96. The van der Waals surface area contributed by atoms with Crippen LogP contribution in [-0.2, 0) is 9.53 Å². The molecule has 0 bridgehead atoms. The second kappa shape index (κ2) is 3.95. The first-order valence-electron chi connectivity index (χ1n) is 5.66. The number of rotatable bonds is 3. The number of likely N-dealkylation sites (tertiary alicyclic amines) is 1. The first kappa shape index (κ1) is 11.8. The third-order valence-corrected chi connectivity index (χ3v) is 3.47. The Hall–Kier alpha value is -0.710. The van der Waals surface area contributed by atoms with Crippen LogP contribution in [0.2, 0.25) is 0 Å². The van der Waals surface area contributed by atoms with Crippen LogP contribution < -0.4 is 0 Å². The normalized spacial score (nSPS) is 27.4. The molecule has 0 atom stereocenters. The Bertz CT molecular complexity index is 290. The van der Waals surface area contributed by atoms with Gasteiger partial charge in [0.05, 0.1) is 19.1 Å². The number of hydrogen-bond acceptors (Lipinski definition) is 3. The van der Waals surface area contributed by atoms with E-state index in [9.17, 15) is 13.6 Å². The quantitative estimate of drug-likeness (QED) is 0.694. The van der Waals surface area contributed by atoms with Gasteiger partial charge < -0.3 is 4.74 Å². The summed E-state index contributed by atoms with van der Waals surface area (Å²) in [5.41, 5.74) is -0.484. The van der Waals surface area contributed by atoms with Crippen LogP contribution in [0.15, 0.2) is 0 Å². The molecule has 0 spiro atoms. The summed E-state index contributed by atoms with van der Waals surface area (Å²) in [6.07, 6.45) is 2.00. The van der Waals surface area contributed by atoms with Crippen molar-refractivity contribution in [2.24, 2.45) is 5.41 Å². The summed E-state index contributed by atoms with van der Waals surface area (Å²) in [7, 11) is 1.35. The van der Waals surface area contributed by atoms with Crippen LogP contribution in [0.5, 0.6) is 0 Å². The van der Waals surface area contributed by atoms with Gasteiger partial charge in [0.2, 0.25) is 0 Å². The van der Waals surface area contributed by atoms with Crippen molar-refractivity contribution in [1.82, 2.24) is 4.90 Å². The van der Waals surface area contributed by atoms with Gasteiger partial charge in [-0.15, -0.1) is 0 Å². The summed E-state index contributed by atoms with van der Waals surface area (Å²) in [6, 6.07) is 0. The Morgan fingerprint density at radius 2 is 2.06 bits per heavy atom. The largest absolute Gasteiger partial charge is 0.469 e. The zero-order valence-corrected chi connectivity index (χ0v) is 9.47. The highest BCUT2D eigenvalue weighted by Crippen LogP contribution is 2.48. The monoisotopic (exact) mass is 233 g/mol. The molecule has 0 aromatic rings. The summed E-state index contributed by atoms with van der Waals surface area (Å²) >= 11 is 0. The molecule has 5 heteroatoms. The van der Waals surface area contributed by atoms with Crippen LogP contribution in [0, 0.1) is 5.41 Å². The van der Waals surface area contributed by atoms with E-state index >= 15 is 0 Å². The first-order chi connectivity index (χ1) is 7.47. The Morgan fingerprint density at radius 3 is 2.56 bits per heavy atom. The fraction of sp³-hybridized carbons (Fsp3) is 0.909. The smallest absolute Gasteiger partial charge is 0.313 e. The van der Waals surface area contributed by atoms with E-state index < -0.39 is 11.3 Å². The molecule has 0 unspecified atom stereocenters. The molecule has 16 heavy (non-hydrogen) atoms. The number of hydrogen-bond donors (Lipinski definition) is 0. The second-order valence-electron chi connectivity index (χ2n) is 4.94. The fourth-order valence-electron chi connectivity index (χ4n) is 2.40. The maximum Gasteiger partial charge on any atom is 0.313 e. The van der Waals surface area contributed by atoms with E-state index in [1.807, 2.05) is 0 Å². The van der Waals surface area contributed by atoms with Crippen molar-refractivity contribution in [2.45, 2.75) is 31.6 Å². The van der Waals surface area contributed by atoms with Crippen LogP contribution in [-0.4, -0.2) is 43.5 Å². The standard InChI is InChI=1S/C11H17F2NO2/c1-16-9(15)10(4-5-10)7-14-6-2-3-11(12,13)8-14/h2-8H2,1H3. The minimum Gasteiger partial charge on any atom is -0.469 e. The van der Waals surface area contributed by atoms with Crippen LogP contribution in [0.1, 0.15) is 25.7 Å². The fourth-order valence-corrected chi connectivity index (χ4v) is 2.40. The number of ether oxygens (including phenoxy) is 1. The van der Waals surface area contributed by atoms with Crippen LogP contribution >= 0.6 is 0 Å². The number of carbonyl (C=O) groups is 1. The average molecular weight is 233 g/mol. The van der Waals surface area contributed by atoms with Crippen LogP contribution in [0.3, 0.4) is 0 Å². The van der Waals surface area contributed by atoms with E-state index in [1.54, 1.807) is 4.90 Å². The maximum absolute atomic E-state index is 13.2. The molecule has 92 valence electrons. The zero-order chi connectivity index (χ0) is 11.8. The summed E-state index contributed by atoms with van der Waals surface area (Å²) in [4.78, 5) is 13.2. The second-order valence-corrected chi connectivity index (χ2v) is 4.94. The molecule has 2 aliphatic rings. The summed E-state index contributed by atoms with van der Waals surface area (Å²) in [5, 5.41) is 0. The number of methoxy groups -OCH3 is 1. The van der Waals surface area contributed by atoms with Crippen molar-refractivity contribution in [3.63, 3.8) is 0 Å². The molecule has 0 radical (unpaired) electrons. The number of esters is 1. The first-order valence-corrected chi connectivity index (χ1v) is 5.66. The molecule has 2 rings (SSSR count). The number of piperidine rings is 1. The predicted octanol–water partition coefficient (Wildman–Crippen LogP) is 1.67. The highest BCUT2D eigenvalue weighted by Gasteiger charge is 2.53. The molecule has 3 nitrogen and oxygen atoms in total. The highest BCUT2D eigenvalue weighted by molar-refractivity contribution is 5.80. The van der Waals surface area contributed by atoms with Gasteiger partial charge in [-0.2, -0.15) is 0 Å². The topological polar surface area (TPSA) is 29.5 Å². The summed E-state index contributed by atoms with van der Waals surface area (Å²) < 4.78 is 31.1. The molecule has 1 saturated heterocycles. The van der Waals surface area contributed by atoms with Gasteiger partial charge in [-0.3, -0.25) is 9.69 Å². The van der Waals surface area contributed by atoms with E-state index in [0.29, 0.717) is 19.5 Å². The van der Waals surface area contributed by atoms with Gasteiger partial charge in [0.1, 0.15) is 0 Å². The maximum atomic E-state index is 13.2. The lowest BCUT2D eigenvalue weighted by Gasteiger charge is -2.34. The lowest BCUT2D eigenvalue weighted by atomic mass is 10.0. The molecule has 1 aliphatic heterocycles. The molecule has 1 aliphatic carbocycles. The van der Waals surface area contributed by atoms with Crippen LogP contribution in [0.4, 0.5) is 8.78 Å². The van der Waals surface area contributed by atoms with Crippen LogP contribution in [0.25, 0.3) is 0 Å². The minimum atomic E-state index is -2.59. The molecule has 0 N–H and O–H groups in total. The van der Waals surface area contributed by atoms with Crippen molar-refractivity contribution < 1.29 is 18.3 Å². The number of carbonyl (C=O) groups excluding carboxylic acids is 1. The van der Waals surface area contributed by atoms with Gasteiger partial charge in [0, 0.05) is 13.0 Å². The Labute approximate surface area is 93.7 Å². The molecular formula is C11H17F2NO2. The van der Waals surface area contributed by atoms with E-state index in [0.717, 1.165) is 12.8 Å². The lowest BCUT2D eigenvalue weighted by Crippen LogP contribution is -2.46. The SMILES string of the molecule is COC(=O)C1(CN2CCCC(F)(F)C2)CC1. The summed E-state index contributed by atoms with van der Waals surface area (Å²) in [6.45, 7) is 0.870. The minimum absolute atomic E-state index is 0.0330. The Morgan fingerprint density at radius 1 is 1.38 bits per heavy atom. The van der Waals surface area contributed by atoms with Crippen molar-refractivity contribution in [3.8, 4) is 0 Å². The van der Waals surface area contributed by atoms with E-state index in [2.05, 4.69) is 0 Å². The number of alkyl halides is 2. The molecule has 0 amide bonds. The van der Waals surface area contributed by atoms with Crippen molar-refractivity contribution in [3.05, 3.63) is 0 Å². The molecule has 0 aromatic carbocycles. The third kappa shape index (κ3) is 2.34. The van der Waals surface area contributed by atoms with Gasteiger partial charge in [0.15, 0.2) is 0 Å². The number of nitrogens with zero attached hydrogens (tertiary/aromatic N) is 1. The third-order valence-electron chi connectivity index (χ3n) is 3.47. The van der Waals surface area contributed by atoms with E-state index in [-0.39, 0.29) is 18.9 Å². The van der Waals surface area contributed by atoms with E-state index in [4.69, 9.17) is 4.74 Å². The zero-order valence-electron chi connectivity index (χ0n) is 9.47. The van der Waals surface area contributed by atoms with Gasteiger partial charge in [-0.25, -0.2) is 8.78 Å². The van der Waals surface area contributed by atoms with E-state index in [1.165, 1.54) is 7.11 Å². The molecular weight excluding hydrogens is 216 g/mol. The Kier molecular flexibility index (Phi) is 2.90.